The van der Waals surface area contributed by atoms with Crippen LogP contribution in [-0.2, 0) is 23.9 Å². The Bertz CT molecular complexity index is 753. The molecule has 1 N–H and O–H groups in total. The van der Waals surface area contributed by atoms with Gasteiger partial charge in [-0.1, -0.05) is 12.1 Å². The minimum absolute atomic E-state index is 0.122. The lowest BCUT2D eigenvalue weighted by atomic mass is 9.61. The average molecular weight is 420 g/mol. The van der Waals surface area contributed by atoms with Crippen LogP contribution >= 0.6 is 0 Å². The van der Waals surface area contributed by atoms with Gasteiger partial charge < -0.3 is 19.5 Å². The minimum Gasteiger partial charge on any atom is -0.466 e. The summed E-state index contributed by atoms with van der Waals surface area (Å²) in [5.41, 5.74) is -0.0116. The van der Waals surface area contributed by atoms with Crippen LogP contribution < -0.4 is 4.90 Å². The SMILES string of the molecule is CCOC(=O)[C@@H]1C(=O)C[C@](C)(O)[C@@H](C(=O)OCC)[C@@H]1c1ccc(N(CC)CC)cc1. The van der Waals surface area contributed by atoms with E-state index in [9.17, 15) is 19.5 Å². The van der Waals surface area contributed by atoms with Crippen LogP contribution in [0.1, 0.15) is 52.5 Å². The van der Waals surface area contributed by atoms with E-state index in [1.807, 2.05) is 24.3 Å². The molecule has 30 heavy (non-hydrogen) atoms. The average Bonchev–Trinajstić information content (AvgIpc) is 2.68. The van der Waals surface area contributed by atoms with Crippen LogP contribution in [0.3, 0.4) is 0 Å². The van der Waals surface area contributed by atoms with E-state index in [0.717, 1.165) is 18.8 Å². The van der Waals surface area contributed by atoms with Crippen molar-refractivity contribution in [2.24, 2.45) is 11.8 Å². The predicted molar refractivity (Wildman–Crippen MR) is 113 cm³/mol. The van der Waals surface area contributed by atoms with Crippen LogP contribution in [0.4, 0.5) is 5.69 Å². The second-order valence-electron chi connectivity index (χ2n) is 7.75. The number of carbonyl (C=O) groups excluding carboxylic acids is 3. The summed E-state index contributed by atoms with van der Waals surface area (Å²) in [4.78, 5) is 40.6. The normalized spacial score (nSPS) is 26.2. The van der Waals surface area contributed by atoms with E-state index >= 15 is 0 Å². The summed E-state index contributed by atoms with van der Waals surface area (Å²) < 4.78 is 10.4. The van der Waals surface area contributed by atoms with Crippen molar-refractivity contribution in [1.82, 2.24) is 0 Å². The van der Waals surface area contributed by atoms with Crippen molar-refractivity contribution in [3.05, 3.63) is 29.8 Å². The molecule has 1 fully saturated rings. The third kappa shape index (κ3) is 4.83. The topological polar surface area (TPSA) is 93.1 Å². The van der Waals surface area contributed by atoms with Crippen molar-refractivity contribution < 1.29 is 29.0 Å². The number of aliphatic hydroxyl groups is 1. The van der Waals surface area contributed by atoms with E-state index in [4.69, 9.17) is 9.47 Å². The largest absolute Gasteiger partial charge is 0.466 e. The Morgan fingerprint density at radius 2 is 1.57 bits per heavy atom. The zero-order valence-corrected chi connectivity index (χ0v) is 18.5. The highest BCUT2D eigenvalue weighted by Gasteiger charge is 2.57. The highest BCUT2D eigenvalue weighted by Crippen LogP contribution is 2.47. The number of esters is 2. The zero-order valence-electron chi connectivity index (χ0n) is 18.5. The Balaban J connectivity index is 2.57. The molecule has 2 rings (SSSR count). The predicted octanol–water partition coefficient (Wildman–Crippen LogP) is 2.70. The molecule has 0 unspecified atom stereocenters. The standard InChI is InChI=1S/C23H33NO6/c1-6-24(7-2)16-12-10-15(11-13-16)18-19(21(26)29-8-3)17(25)14-23(5,28)20(18)22(27)30-9-4/h10-13,18-20,28H,6-9,14H2,1-5H3/t18-,19-,20-,23+/m1/s1. The minimum atomic E-state index is -1.63. The molecular weight excluding hydrogens is 386 g/mol. The van der Waals surface area contributed by atoms with E-state index in [2.05, 4.69) is 18.7 Å². The van der Waals surface area contributed by atoms with E-state index in [0.29, 0.717) is 5.56 Å². The smallest absolute Gasteiger partial charge is 0.317 e. The van der Waals surface area contributed by atoms with Crippen molar-refractivity contribution in [3.8, 4) is 0 Å². The van der Waals surface area contributed by atoms with Crippen LogP contribution in [0.5, 0.6) is 0 Å². The maximum atomic E-state index is 12.9. The summed E-state index contributed by atoms with van der Waals surface area (Å²) in [6, 6.07) is 7.43. The number of rotatable bonds is 8. The Labute approximate surface area is 178 Å². The summed E-state index contributed by atoms with van der Waals surface area (Å²) in [5, 5.41) is 11.0. The number of ether oxygens (including phenoxy) is 2. The summed E-state index contributed by atoms with van der Waals surface area (Å²) >= 11 is 0. The Hall–Kier alpha value is -2.41. The third-order valence-corrected chi connectivity index (χ3v) is 5.75. The van der Waals surface area contributed by atoms with Crippen molar-refractivity contribution in [2.75, 3.05) is 31.2 Å². The maximum absolute atomic E-state index is 12.9. The first kappa shape index (κ1) is 23.9. The number of Topliss-reactive ketones (excluding diaryl/α,β-unsaturated/α-hetero) is 1. The molecule has 166 valence electrons. The molecule has 1 aliphatic rings. The highest BCUT2D eigenvalue weighted by atomic mass is 16.5. The fraction of sp³-hybridized carbons (Fsp3) is 0.609. The van der Waals surface area contributed by atoms with E-state index in [1.165, 1.54) is 6.92 Å². The van der Waals surface area contributed by atoms with Crippen molar-refractivity contribution >= 4 is 23.4 Å². The summed E-state index contributed by atoms with van der Waals surface area (Å²) in [6.45, 7) is 10.8. The molecule has 1 aromatic carbocycles. The number of hydrogen-bond acceptors (Lipinski definition) is 7. The number of ketones is 1. The lowest BCUT2D eigenvalue weighted by Crippen LogP contribution is -2.55. The van der Waals surface area contributed by atoms with Gasteiger partial charge in [-0.15, -0.1) is 0 Å². The Morgan fingerprint density at radius 1 is 1.03 bits per heavy atom. The van der Waals surface area contributed by atoms with E-state index in [1.54, 1.807) is 13.8 Å². The number of benzene rings is 1. The number of anilines is 1. The lowest BCUT2D eigenvalue weighted by molar-refractivity contribution is -0.172. The van der Waals surface area contributed by atoms with Crippen LogP contribution in [0, 0.1) is 11.8 Å². The second kappa shape index (κ2) is 10.1. The molecule has 0 aromatic heterocycles. The third-order valence-electron chi connectivity index (χ3n) is 5.75. The van der Waals surface area contributed by atoms with Gasteiger partial charge >= 0.3 is 11.9 Å². The molecule has 4 atom stereocenters. The van der Waals surface area contributed by atoms with Gasteiger partial charge in [0.1, 0.15) is 5.92 Å². The zero-order chi connectivity index (χ0) is 22.5. The molecule has 1 aromatic rings. The Morgan fingerprint density at radius 3 is 2.07 bits per heavy atom. The molecule has 0 radical (unpaired) electrons. The maximum Gasteiger partial charge on any atom is 0.317 e. The Kier molecular flexibility index (Phi) is 8.01. The lowest BCUT2D eigenvalue weighted by Gasteiger charge is -2.43. The van der Waals surface area contributed by atoms with Crippen LogP contribution in [0.15, 0.2) is 24.3 Å². The van der Waals surface area contributed by atoms with E-state index in [-0.39, 0.29) is 19.6 Å². The molecule has 0 amide bonds. The van der Waals surface area contributed by atoms with Gasteiger partial charge in [-0.25, -0.2) is 0 Å². The van der Waals surface area contributed by atoms with Gasteiger partial charge in [0.2, 0.25) is 0 Å². The van der Waals surface area contributed by atoms with Crippen molar-refractivity contribution in [2.45, 2.75) is 52.6 Å². The molecule has 1 aliphatic carbocycles. The first-order valence-corrected chi connectivity index (χ1v) is 10.6. The van der Waals surface area contributed by atoms with Gasteiger partial charge in [0.25, 0.3) is 0 Å². The molecule has 7 heteroatoms. The van der Waals surface area contributed by atoms with Crippen molar-refractivity contribution in [1.29, 1.82) is 0 Å². The summed E-state index contributed by atoms with van der Waals surface area (Å²) in [6.07, 6.45) is -0.312. The van der Waals surface area contributed by atoms with Crippen LogP contribution in [0.25, 0.3) is 0 Å². The summed E-state index contributed by atoms with van der Waals surface area (Å²) in [5.74, 6) is -4.84. The number of carbonyl (C=O) groups is 3. The quantitative estimate of drug-likeness (QED) is 0.511. The highest BCUT2D eigenvalue weighted by molar-refractivity contribution is 6.02. The molecule has 0 heterocycles. The fourth-order valence-corrected chi connectivity index (χ4v) is 4.38. The first-order chi connectivity index (χ1) is 14.2. The van der Waals surface area contributed by atoms with Gasteiger partial charge in [-0.3, -0.25) is 14.4 Å². The van der Waals surface area contributed by atoms with Gasteiger partial charge in [-0.2, -0.15) is 0 Å². The van der Waals surface area contributed by atoms with Gasteiger partial charge in [-0.05, 0) is 52.3 Å². The molecule has 1 saturated carbocycles. The molecule has 0 aliphatic heterocycles. The van der Waals surface area contributed by atoms with Gasteiger partial charge in [0.15, 0.2) is 5.78 Å². The second-order valence-corrected chi connectivity index (χ2v) is 7.75. The van der Waals surface area contributed by atoms with Gasteiger partial charge in [0, 0.05) is 31.1 Å². The monoisotopic (exact) mass is 419 g/mol. The van der Waals surface area contributed by atoms with Gasteiger partial charge in [0.05, 0.1) is 24.7 Å². The molecule has 0 bridgehead atoms. The van der Waals surface area contributed by atoms with E-state index < -0.39 is 41.1 Å². The fourth-order valence-electron chi connectivity index (χ4n) is 4.38. The molecule has 0 spiro atoms. The molecule has 0 saturated heterocycles. The summed E-state index contributed by atoms with van der Waals surface area (Å²) in [7, 11) is 0. The first-order valence-electron chi connectivity index (χ1n) is 10.6. The van der Waals surface area contributed by atoms with Crippen molar-refractivity contribution in [3.63, 3.8) is 0 Å². The number of hydrogen-bond donors (Lipinski definition) is 1. The number of nitrogens with zero attached hydrogens (tertiary/aromatic N) is 1. The molecule has 7 nitrogen and oxygen atoms in total. The van der Waals surface area contributed by atoms with Crippen LogP contribution in [0.2, 0.25) is 0 Å². The molecular formula is C23H33NO6. The van der Waals surface area contributed by atoms with Crippen LogP contribution in [-0.4, -0.2) is 54.7 Å².